The van der Waals surface area contributed by atoms with Gasteiger partial charge < -0.3 is 10.5 Å². The molecule has 1 heterocycles. The number of benzene rings is 2. The Morgan fingerprint density at radius 1 is 1.21 bits per heavy atom. The van der Waals surface area contributed by atoms with Gasteiger partial charge in [0.2, 0.25) is 10.0 Å². The van der Waals surface area contributed by atoms with Gasteiger partial charge in [0.15, 0.2) is 4.75 Å². The molecule has 1 fully saturated rings. The number of rotatable bonds is 8. The second-order valence-corrected chi connectivity index (χ2v) is 11.4. The van der Waals surface area contributed by atoms with Gasteiger partial charge in [-0.2, -0.15) is 0 Å². The lowest BCUT2D eigenvalue weighted by Crippen LogP contribution is -2.54. The van der Waals surface area contributed by atoms with Gasteiger partial charge in [0.05, 0.1) is 0 Å². The summed E-state index contributed by atoms with van der Waals surface area (Å²) in [6.07, 6.45) is 1.33. The number of amides is 1. The van der Waals surface area contributed by atoms with E-state index in [2.05, 4.69) is 25.1 Å². The predicted molar refractivity (Wildman–Crippen MR) is 128 cm³/mol. The third-order valence-corrected chi connectivity index (χ3v) is 8.86. The van der Waals surface area contributed by atoms with Crippen molar-refractivity contribution < 1.29 is 23.2 Å². The van der Waals surface area contributed by atoms with Crippen LogP contribution in [0.4, 0.5) is 0 Å². The molecule has 33 heavy (non-hydrogen) atoms. The van der Waals surface area contributed by atoms with Crippen molar-refractivity contribution in [2.45, 2.75) is 44.3 Å². The van der Waals surface area contributed by atoms with E-state index in [-0.39, 0.29) is 5.92 Å². The van der Waals surface area contributed by atoms with Gasteiger partial charge in [-0.15, -0.1) is 0 Å². The summed E-state index contributed by atoms with van der Waals surface area (Å²) in [5.41, 5.74) is 11.5. The lowest BCUT2D eigenvalue weighted by atomic mass is 9.87. The monoisotopic (exact) mass is 475 g/mol. The van der Waals surface area contributed by atoms with Crippen LogP contribution in [0.1, 0.15) is 43.7 Å². The highest BCUT2D eigenvalue weighted by Gasteiger charge is 2.46. The van der Waals surface area contributed by atoms with Crippen LogP contribution in [-0.4, -0.2) is 54.8 Å². The Kier molecular flexibility index (Phi) is 7.79. The molecular formula is C24H33N3O5S. The molecule has 0 bridgehead atoms. The third kappa shape index (κ3) is 5.22. The van der Waals surface area contributed by atoms with Crippen LogP contribution in [-0.2, 0) is 14.8 Å². The number of hydrogen-bond acceptors (Lipinski definition) is 6. The van der Waals surface area contributed by atoms with E-state index in [1.54, 1.807) is 0 Å². The Hall–Kier alpha value is -2.46. The van der Waals surface area contributed by atoms with Crippen LogP contribution in [0.5, 0.6) is 5.75 Å². The molecule has 1 amide bonds. The second-order valence-electron chi connectivity index (χ2n) is 8.87. The first-order valence-corrected chi connectivity index (χ1v) is 12.5. The number of piperidine rings is 1. The van der Waals surface area contributed by atoms with Crippen molar-refractivity contribution in [1.82, 2.24) is 9.79 Å². The fourth-order valence-corrected chi connectivity index (χ4v) is 5.82. The minimum Gasteiger partial charge on any atom is -0.492 e. The molecule has 0 aromatic heterocycles. The van der Waals surface area contributed by atoms with Gasteiger partial charge in [-0.25, -0.2) is 18.2 Å². The highest BCUT2D eigenvalue weighted by Crippen LogP contribution is 2.35. The van der Waals surface area contributed by atoms with Gasteiger partial charge in [0.1, 0.15) is 12.4 Å². The number of nitrogens with two attached hydrogens (primary N) is 1. The van der Waals surface area contributed by atoms with E-state index >= 15 is 0 Å². The summed E-state index contributed by atoms with van der Waals surface area (Å²) in [5.74, 6) is 0.0827. The van der Waals surface area contributed by atoms with Gasteiger partial charge in [-0.3, -0.25) is 10.0 Å². The van der Waals surface area contributed by atoms with Crippen molar-refractivity contribution in [3.63, 3.8) is 0 Å². The van der Waals surface area contributed by atoms with Crippen LogP contribution >= 0.6 is 0 Å². The smallest absolute Gasteiger partial charge is 0.265 e. The fraction of sp³-hybridized carbons (Fsp3) is 0.458. The molecule has 3 rings (SSSR count). The van der Waals surface area contributed by atoms with Crippen LogP contribution in [0.2, 0.25) is 0 Å². The van der Waals surface area contributed by atoms with E-state index in [9.17, 15) is 13.2 Å². The van der Waals surface area contributed by atoms with Gasteiger partial charge in [-0.1, -0.05) is 30.3 Å². The Bertz CT molecular complexity index is 1090. The first-order chi connectivity index (χ1) is 15.6. The number of nitrogens with zero attached hydrogens (tertiary/aromatic N) is 1. The lowest BCUT2D eigenvalue weighted by Gasteiger charge is -2.36. The maximum absolute atomic E-state index is 12.9. The van der Waals surface area contributed by atoms with Gasteiger partial charge >= 0.3 is 0 Å². The average molecular weight is 476 g/mol. The molecule has 0 spiro atoms. The molecular weight excluding hydrogens is 442 g/mol. The summed E-state index contributed by atoms with van der Waals surface area (Å²) in [6, 6.07) is 14.3. The lowest BCUT2D eigenvalue weighted by molar-refractivity contribution is -0.131. The molecule has 0 atom stereocenters. The molecule has 0 radical (unpaired) electrons. The first kappa shape index (κ1) is 25.2. The number of ether oxygens (including phenoxy) is 1. The topological polar surface area (TPSA) is 122 Å². The van der Waals surface area contributed by atoms with Crippen molar-refractivity contribution in [3.05, 3.63) is 53.6 Å². The zero-order chi connectivity index (χ0) is 24.2. The molecule has 2 aromatic rings. The van der Waals surface area contributed by atoms with E-state index in [0.29, 0.717) is 39.1 Å². The summed E-state index contributed by atoms with van der Waals surface area (Å²) < 4.78 is 31.1. The summed E-state index contributed by atoms with van der Waals surface area (Å²) in [4.78, 5) is 11.9. The molecule has 180 valence electrons. The Labute approximate surface area is 195 Å². The van der Waals surface area contributed by atoms with Gasteiger partial charge in [-0.05, 0) is 73.9 Å². The van der Waals surface area contributed by atoms with E-state index in [0.717, 1.165) is 22.4 Å². The molecule has 0 aliphatic carbocycles. The predicted octanol–water partition coefficient (Wildman–Crippen LogP) is 2.79. The number of hydroxylamine groups is 1. The Morgan fingerprint density at radius 3 is 2.52 bits per heavy atom. The molecule has 1 saturated heterocycles. The quantitative estimate of drug-likeness (QED) is 0.399. The van der Waals surface area contributed by atoms with Crippen molar-refractivity contribution in [3.8, 4) is 16.9 Å². The molecule has 0 saturated carbocycles. The summed E-state index contributed by atoms with van der Waals surface area (Å²) >= 11 is 0. The minimum absolute atomic E-state index is 0.234. The largest absolute Gasteiger partial charge is 0.492 e. The average Bonchev–Trinajstić information content (AvgIpc) is 2.82. The van der Waals surface area contributed by atoms with E-state index in [1.165, 1.54) is 29.2 Å². The fourth-order valence-electron chi connectivity index (χ4n) is 4.20. The number of nitrogens with one attached hydrogen (secondary N) is 1. The van der Waals surface area contributed by atoms with Crippen LogP contribution in [0.25, 0.3) is 11.1 Å². The highest BCUT2D eigenvalue weighted by atomic mass is 32.2. The Morgan fingerprint density at radius 2 is 1.91 bits per heavy atom. The van der Waals surface area contributed by atoms with Crippen LogP contribution in [0.3, 0.4) is 0 Å². The van der Waals surface area contributed by atoms with Gasteiger partial charge in [0, 0.05) is 19.6 Å². The zero-order valence-corrected chi connectivity index (χ0v) is 20.2. The number of carbonyl (C=O) groups excluding carboxylic acids is 1. The van der Waals surface area contributed by atoms with Crippen LogP contribution in [0.15, 0.2) is 42.5 Å². The summed E-state index contributed by atoms with van der Waals surface area (Å²) in [5, 5.41) is 8.91. The number of sulfonamides is 1. The second kappa shape index (κ2) is 10.2. The maximum atomic E-state index is 12.9. The van der Waals surface area contributed by atoms with E-state index < -0.39 is 20.7 Å². The van der Waals surface area contributed by atoms with Crippen molar-refractivity contribution in [1.29, 1.82) is 0 Å². The molecule has 9 heteroatoms. The summed E-state index contributed by atoms with van der Waals surface area (Å²) in [6.45, 7) is 6.27. The van der Waals surface area contributed by atoms with Crippen LogP contribution in [0, 0.1) is 6.92 Å². The number of aryl methyl sites for hydroxylation is 1. The zero-order valence-electron chi connectivity index (χ0n) is 19.4. The number of carbonyl (C=O) groups is 1. The normalized spacial score (nSPS) is 15.9. The van der Waals surface area contributed by atoms with Crippen molar-refractivity contribution in [2.75, 3.05) is 26.2 Å². The molecule has 1 aliphatic heterocycles. The highest BCUT2D eigenvalue weighted by molar-refractivity contribution is 7.91. The molecule has 4 N–H and O–H groups in total. The molecule has 2 aromatic carbocycles. The van der Waals surface area contributed by atoms with Crippen molar-refractivity contribution >= 4 is 15.9 Å². The standard InChI is InChI=1S/C24H33N3O5S/c1-17-15-19(7-8-22(17)20-5-4-6-21(16-20)32-14-11-25)18-9-12-27(13-10-18)33(30,31)24(2,3)23(28)26-29/h4-8,15-16,18,29H,9-14,25H2,1-3H3,(H,26,28). The first-order valence-electron chi connectivity index (χ1n) is 11.1. The molecule has 1 aliphatic rings. The third-order valence-electron chi connectivity index (χ3n) is 6.34. The molecule has 8 nitrogen and oxygen atoms in total. The SMILES string of the molecule is Cc1cc(C2CCN(S(=O)(=O)C(C)(C)C(=O)NO)CC2)ccc1-c1cccc(OCCN)c1. The summed E-state index contributed by atoms with van der Waals surface area (Å²) in [7, 11) is -3.90. The Balaban J connectivity index is 1.72. The molecule has 0 unspecified atom stereocenters. The van der Waals surface area contributed by atoms with Gasteiger partial charge in [0.25, 0.3) is 5.91 Å². The maximum Gasteiger partial charge on any atom is 0.265 e. The van der Waals surface area contributed by atoms with Crippen LogP contribution < -0.4 is 16.0 Å². The van der Waals surface area contributed by atoms with E-state index in [1.807, 2.05) is 24.3 Å². The minimum atomic E-state index is -3.90. The van der Waals surface area contributed by atoms with Crippen molar-refractivity contribution in [2.24, 2.45) is 5.73 Å². The van der Waals surface area contributed by atoms with E-state index in [4.69, 9.17) is 15.7 Å². The number of hydrogen-bond donors (Lipinski definition) is 3.